The zero-order valence-corrected chi connectivity index (χ0v) is 14.7. The highest BCUT2D eigenvalue weighted by atomic mass is 16.6. The highest BCUT2D eigenvalue weighted by Gasteiger charge is 2.84. The summed E-state index contributed by atoms with van der Waals surface area (Å²) < 4.78 is 5.99. The van der Waals surface area contributed by atoms with Crippen LogP contribution in [0.2, 0.25) is 0 Å². The molecule has 138 valence electrons. The lowest BCUT2D eigenvalue weighted by Gasteiger charge is -2.44. The SMILES string of the molecule is C[C@@]12C(=O)O[C@]3(CC[C@@H]1O)[C@@H]1CC[C@@H]4C[C@]1(C[C@]4(C)O)[C@@H](C(=O)O)[C@@H]32. The summed E-state index contributed by atoms with van der Waals surface area (Å²) in [7, 11) is 0. The van der Waals surface area contributed by atoms with Crippen molar-refractivity contribution in [1.29, 1.82) is 0 Å². The molecule has 0 aromatic carbocycles. The number of hydrogen-bond donors (Lipinski definition) is 3. The van der Waals surface area contributed by atoms with Gasteiger partial charge in [-0.05, 0) is 63.7 Å². The molecular weight excluding hydrogens is 324 g/mol. The number of carboxylic acids is 1. The zero-order chi connectivity index (χ0) is 18.0. The van der Waals surface area contributed by atoms with E-state index in [-0.39, 0.29) is 11.8 Å². The van der Waals surface area contributed by atoms with Crippen LogP contribution in [-0.2, 0) is 14.3 Å². The molecule has 0 amide bonds. The molecule has 1 heterocycles. The lowest BCUT2D eigenvalue weighted by molar-refractivity contribution is -0.162. The van der Waals surface area contributed by atoms with Crippen LogP contribution in [0.3, 0.4) is 0 Å². The summed E-state index contributed by atoms with van der Waals surface area (Å²) in [5, 5.41) is 31.7. The van der Waals surface area contributed by atoms with Gasteiger partial charge in [0.05, 0.1) is 23.0 Å². The van der Waals surface area contributed by atoms with Crippen molar-refractivity contribution >= 4 is 11.9 Å². The van der Waals surface area contributed by atoms with E-state index in [0.717, 1.165) is 12.8 Å². The molecule has 0 aromatic heterocycles. The third-order valence-electron chi connectivity index (χ3n) is 8.90. The molecule has 6 nitrogen and oxygen atoms in total. The smallest absolute Gasteiger partial charge is 0.315 e. The van der Waals surface area contributed by atoms with Crippen LogP contribution in [0, 0.1) is 34.5 Å². The van der Waals surface area contributed by atoms with E-state index in [1.54, 1.807) is 6.92 Å². The van der Waals surface area contributed by atoms with Gasteiger partial charge in [-0.1, -0.05) is 0 Å². The van der Waals surface area contributed by atoms with Gasteiger partial charge in [-0.25, -0.2) is 0 Å². The van der Waals surface area contributed by atoms with Crippen molar-refractivity contribution in [1.82, 2.24) is 0 Å². The van der Waals surface area contributed by atoms with Gasteiger partial charge < -0.3 is 20.1 Å². The maximum atomic E-state index is 12.7. The number of fused-ring (bicyclic) bond motifs is 1. The molecule has 0 radical (unpaired) electrons. The van der Waals surface area contributed by atoms with Crippen LogP contribution in [0.5, 0.6) is 0 Å². The fourth-order valence-electron chi connectivity index (χ4n) is 8.08. The van der Waals surface area contributed by atoms with Crippen molar-refractivity contribution in [3.05, 3.63) is 0 Å². The largest absolute Gasteiger partial charge is 0.481 e. The quantitative estimate of drug-likeness (QED) is 0.617. The predicted octanol–water partition coefficient (Wildman–Crippen LogP) is 1.33. The molecule has 1 saturated heterocycles. The Balaban J connectivity index is 1.74. The first-order chi connectivity index (χ1) is 11.6. The molecule has 0 aromatic rings. The summed E-state index contributed by atoms with van der Waals surface area (Å²) in [6.45, 7) is 3.52. The van der Waals surface area contributed by atoms with Crippen LogP contribution in [-0.4, -0.2) is 44.6 Å². The van der Waals surface area contributed by atoms with E-state index in [2.05, 4.69) is 0 Å². The number of carbonyl (C=O) groups excluding carboxylic acids is 1. The van der Waals surface area contributed by atoms with Gasteiger partial charge in [0.1, 0.15) is 5.60 Å². The van der Waals surface area contributed by atoms with Gasteiger partial charge in [0.2, 0.25) is 0 Å². The number of aliphatic hydroxyl groups excluding tert-OH is 1. The van der Waals surface area contributed by atoms with Gasteiger partial charge in [0, 0.05) is 11.8 Å². The molecule has 4 aliphatic carbocycles. The number of hydrogen-bond acceptors (Lipinski definition) is 5. The number of carbonyl (C=O) groups is 2. The first-order valence-electron chi connectivity index (χ1n) is 9.46. The van der Waals surface area contributed by atoms with Gasteiger partial charge in [-0.2, -0.15) is 0 Å². The highest BCUT2D eigenvalue weighted by Crippen LogP contribution is 2.78. The molecule has 5 fully saturated rings. The van der Waals surface area contributed by atoms with E-state index in [1.807, 2.05) is 6.92 Å². The van der Waals surface area contributed by atoms with Crippen molar-refractivity contribution in [3.8, 4) is 0 Å². The molecule has 3 N–H and O–H groups in total. The number of aliphatic carboxylic acids is 1. The Morgan fingerprint density at radius 2 is 1.96 bits per heavy atom. The molecule has 5 rings (SSSR count). The molecule has 1 aliphatic heterocycles. The number of esters is 1. The number of aliphatic hydroxyl groups is 2. The second-order valence-corrected chi connectivity index (χ2v) is 9.77. The van der Waals surface area contributed by atoms with E-state index in [9.17, 15) is 24.9 Å². The number of rotatable bonds is 1. The maximum absolute atomic E-state index is 12.7. The Morgan fingerprint density at radius 3 is 2.64 bits per heavy atom. The number of carboxylic acid groups (broad SMARTS) is 1. The molecule has 5 aliphatic rings. The normalized spacial score (nSPS) is 61.6. The minimum absolute atomic E-state index is 0.0328. The van der Waals surface area contributed by atoms with E-state index in [0.29, 0.717) is 25.7 Å². The molecule has 4 bridgehead atoms. The average molecular weight is 350 g/mol. The Kier molecular flexibility index (Phi) is 2.71. The van der Waals surface area contributed by atoms with Crippen LogP contribution >= 0.6 is 0 Å². The van der Waals surface area contributed by atoms with Crippen molar-refractivity contribution in [2.45, 2.75) is 69.7 Å². The van der Waals surface area contributed by atoms with E-state index >= 15 is 0 Å². The lowest BCUT2D eigenvalue weighted by atomic mass is 9.59. The van der Waals surface area contributed by atoms with Crippen LogP contribution < -0.4 is 0 Å². The molecular formula is C19H26O6. The van der Waals surface area contributed by atoms with Gasteiger partial charge in [0.25, 0.3) is 0 Å². The summed E-state index contributed by atoms with van der Waals surface area (Å²) in [6.07, 6.45) is 2.91. The first-order valence-corrected chi connectivity index (χ1v) is 9.46. The van der Waals surface area contributed by atoms with Crippen LogP contribution in [0.1, 0.15) is 52.4 Å². The second kappa shape index (κ2) is 4.22. The third-order valence-corrected chi connectivity index (χ3v) is 8.90. The lowest BCUT2D eigenvalue weighted by Crippen LogP contribution is -2.53. The van der Waals surface area contributed by atoms with Gasteiger partial charge in [-0.15, -0.1) is 0 Å². The van der Waals surface area contributed by atoms with Crippen LogP contribution in [0.4, 0.5) is 0 Å². The minimum atomic E-state index is -1.16. The second-order valence-electron chi connectivity index (χ2n) is 9.77. The first kappa shape index (κ1) is 16.1. The fraction of sp³-hybridized carbons (Fsp3) is 0.895. The van der Waals surface area contributed by atoms with Gasteiger partial charge in [-0.3, -0.25) is 9.59 Å². The standard InChI is InChI=1S/C19H26O6/c1-16(24)8-18-7-9(16)3-4-10(18)19-6-5-11(20)17(2,15(23)25-19)13(19)12(18)14(21)22/h9-13,20,24H,3-8H2,1-2H3,(H,21,22)/t9-,10-,11+,12-,13-,16+,17-,18-,19-/m1/s1. The van der Waals surface area contributed by atoms with Gasteiger partial charge in [0.15, 0.2) is 0 Å². The van der Waals surface area contributed by atoms with E-state index in [1.165, 1.54) is 0 Å². The Morgan fingerprint density at radius 1 is 1.24 bits per heavy atom. The molecule has 25 heavy (non-hydrogen) atoms. The van der Waals surface area contributed by atoms with Crippen LogP contribution in [0.15, 0.2) is 0 Å². The summed E-state index contributed by atoms with van der Waals surface area (Å²) in [5.41, 5.74) is -3.33. The van der Waals surface area contributed by atoms with Crippen molar-refractivity contribution in [2.24, 2.45) is 34.5 Å². The summed E-state index contributed by atoms with van der Waals surface area (Å²) in [5.74, 6) is -2.53. The molecule has 4 saturated carbocycles. The summed E-state index contributed by atoms with van der Waals surface area (Å²) in [6, 6.07) is 0. The Bertz CT molecular complexity index is 687. The number of ether oxygens (including phenoxy) is 1. The van der Waals surface area contributed by atoms with Crippen molar-refractivity contribution < 1.29 is 29.6 Å². The average Bonchev–Trinajstić information content (AvgIpc) is 2.95. The summed E-state index contributed by atoms with van der Waals surface area (Å²) in [4.78, 5) is 25.2. The van der Waals surface area contributed by atoms with E-state index < -0.39 is 51.9 Å². The Labute approximate surface area is 146 Å². The Hall–Kier alpha value is -1.14. The molecule has 1 spiro atoms. The minimum Gasteiger partial charge on any atom is -0.481 e. The van der Waals surface area contributed by atoms with E-state index in [4.69, 9.17) is 4.74 Å². The van der Waals surface area contributed by atoms with Gasteiger partial charge >= 0.3 is 11.9 Å². The highest BCUT2D eigenvalue weighted by molar-refractivity contribution is 5.85. The fourth-order valence-corrected chi connectivity index (χ4v) is 8.08. The topological polar surface area (TPSA) is 104 Å². The summed E-state index contributed by atoms with van der Waals surface area (Å²) >= 11 is 0. The molecule has 6 heteroatoms. The third kappa shape index (κ3) is 1.48. The predicted molar refractivity (Wildman–Crippen MR) is 85.3 cm³/mol. The zero-order valence-electron chi connectivity index (χ0n) is 14.7. The maximum Gasteiger partial charge on any atom is 0.315 e. The molecule has 9 atom stereocenters. The van der Waals surface area contributed by atoms with Crippen molar-refractivity contribution in [2.75, 3.05) is 0 Å². The van der Waals surface area contributed by atoms with Crippen LogP contribution in [0.25, 0.3) is 0 Å². The van der Waals surface area contributed by atoms with Crippen molar-refractivity contribution in [3.63, 3.8) is 0 Å². The monoisotopic (exact) mass is 350 g/mol. The molecule has 0 unspecified atom stereocenters.